The summed E-state index contributed by atoms with van der Waals surface area (Å²) in [6.07, 6.45) is 10.6. The van der Waals surface area contributed by atoms with Gasteiger partial charge < -0.3 is 10.6 Å². The predicted molar refractivity (Wildman–Crippen MR) is 62.8 cm³/mol. The standard InChI is InChI=1S/C10H16N2S/c1-3-4-5-6-7-8-9-12-10(13)11-2/h3-7H,1,8-9H2,2H3,(H2,11,12,13)/b5-4-,7-6+. The molecule has 2 N–H and O–H groups in total. The molecule has 0 unspecified atom stereocenters. The van der Waals surface area contributed by atoms with Crippen molar-refractivity contribution >= 4 is 17.3 Å². The van der Waals surface area contributed by atoms with Gasteiger partial charge in [0.25, 0.3) is 0 Å². The third-order valence-corrected chi connectivity index (χ3v) is 1.67. The first-order valence-electron chi connectivity index (χ1n) is 4.21. The van der Waals surface area contributed by atoms with Crippen molar-refractivity contribution in [2.24, 2.45) is 0 Å². The van der Waals surface area contributed by atoms with E-state index < -0.39 is 0 Å². The van der Waals surface area contributed by atoms with Crippen LogP contribution in [0.25, 0.3) is 0 Å². The normalized spacial score (nSPS) is 10.5. The number of rotatable bonds is 5. The summed E-state index contributed by atoms with van der Waals surface area (Å²) >= 11 is 4.90. The summed E-state index contributed by atoms with van der Waals surface area (Å²) in [5, 5.41) is 6.58. The summed E-state index contributed by atoms with van der Waals surface area (Å²) in [6, 6.07) is 0. The third-order valence-electron chi connectivity index (χ3n) is 1.32. The van der Waals surface area contributed by atoms with Gasteiger partial charge in [-0.1, -0.05) is 37.0 Å². The fraction of sp³-hybridized carbons (Fsp3) is 0.300. The first-order valence-corrected chi connectivity index (χ1v) is 4.62. The molecule has 3 heteroatoms. The van der Waals surface area contributed by atoms with Crippen LogP contribution < -0.4 is 10.6 Å². The zero-order valence-electron chi connectivity index (χ0n) is 7.92. The average molecular weight is 196 g/mol. The van der Waals surface area contributed by atoms with Crippen LogP contribution in [0.15, 0.2) is 37.0 Å². The number of nitrogens with one attached hydrogen (secondary N) is 2. The van der Waals surface area contributed by atoms with E-state index in [1.54, 1.807) is 13.1 Å². The van der Waals surface area contributed by atoms with Crippen LogP contribution in [0.4, 0.5) is 0 Å². The summed E-state index contributed by atoms with van der Waals surface area (Å²) in [5.41, 5.74) is 0. The highest BCUT2D eigenvalue weighted by Gasteiger charge is 1.85. The fourth-order valence-corrected chi connectivity index (χ4v) is 0.777. The quantitative estimate of drug-likeness (QED) is 0.398. The highest BCUT2D eigenvalue weighted by molar-refractivity contribution is 7.80. The second-order valence-electron chi connectivity index (χ2n) is 2.34. The zero-order valence-corrected chi connectivity index (χ0v) is 8.73. The third kappa shape index (κ3) is 8.82. The fourth-order valence-electron chi connectivity index (χ4n) is 0.675. The van der Waals surface area contributed by atoms with E-state index in [0.717, 1.165) is 13.0 Å². The van der Waals surface area contributed by atoms with Gasteiger partial charge in [-0.2, -0.15) is 0 Å². The highest BCUT2D eigenvalue weighted by Crippen LogP contribution is 1.83. The number of thiocarbonyl (C=S) groups is 1. The molecule has 0 bridgehead atoms. The Kier molecular flexibility index (Phi) is 8.25. The van der Waals surface area contributed by atoms with Crippen LogP contribution in [0, 0.1) is 0 Å². The van der Waals surface area contributed by atoms with Gasteiger partial charge in [0.2, 0.25) is 0 Å². The summed E-state index contributed by atoms with van der Waals surface area (Å²) in [6.45, 7) is 4.43. The zero-order chi connectivity index (χ0) is 9.94. The van der Waals surface area contributed by atoms with Gasteiger partial charge in [-0.05, 0) is 18.6 Å². The van der Waals surface area contributed by atoms with Gasteiger partial charge in [0.05, 0.1) is 0 Å². The van der Waals surface area contributed by atoms with Crippen LogP contribution in [0.2, 0.25) is 0 Å². The van der Waals surface area contributed by atoms with Gasteiger partial charge in [0.1, 0.15) is 0 Å². The van der Waals surface area contributed by atoms with Crippen LogP contribution in [-0.2, 0) is 0 Å². The molecule has 0 atom stereocenters. The topological polar surface area (TPSA) is 24.1 Å². The van der Waals surface area contributed by atoms with Crippen LogP contribution in [0.3, 0.4) is 0 Å². The molecule has 0 radical (unpaired) electrons. The van der Waals surface area contributed by atoms with Crippen LogP contribution >= 0.6 is 12.2 Å². The molecule has 0 saturated carbocycles. The summed E-state index contributed by atoms with van der Waals surface area (Å²) in [7, 11) is 1.80. The first kappa shape index (κ1) is 11.9. The Hall–Kier alpha value is -1.09. The molecular formula is C10H16N2S. The van der Waals surface area contributed by atoms with Crippen molar-refractivity contribution in [2.45, 2.75) is 6.42 Å². The van der Waals surface area contributed by atoms with Gasteiger partial charge in [-0.3, -0.25) is 0 Å². The van der Waals surface area contributed by atoms with E-state index in [1.165, 1.54) is 0 Å². The molecule has 0 aromatic carbocycles. The smallest absolute Gasteiger partial charge is 0.166 e. The lowest BCUT2D eigenvalue weighted by Gasteiger charge is -2.03. The Bertz CT molecular complexity index is 207. The van der Waals surface area contributed by atoms with Crippen molar-refractivity contribution in [3.05, 3.63) is 37.0 Å². The van der Waals surface area contributed by atoms with Crippen molar-refractivity contribution in [1.82, 2.24) is 10.6 Å². The second kappa shape index (κ2) is 9.00. The lowest BCUT2D eigenvalue weighted by Crippen LogP contribution is -2.32. The van der Waals surface area contributed by atoms with E-state index in [-0.39, 0.29) is 0 Å². The predicted octanol–water partition coefficient (Wildman–Crippen LogP) is 1.77. The maximum absolute atomic E-state index is 4.90. The van der Waals surface area contributed by atoms with Crippen molar-refractivity contribution in [3.8, 4) is 0 Å². The minimum Gasteiger partial charge on any atom is -0.366 e. The molecular weight excluding hydrogens is 180 g/mol. The molecule has 0 aliphatic heterocycles. The molecule has 2 nitrogen and oxygen atoms in total. The van der Waals surface area contributed by atoms with E-state index in [0.29, 0.717) is 5.11 Å². The SMILES string of the molecule is C=C/C=C\C=C\CCNC(=S)NC. The molecule has 0 heterocycles. The minimum absolute atomic E-state index is 0.690. The maximum atomic E-state index is 4.90. The van der Waals surface area contributed by atoms with Crippen LogP contribution in [-0.4, -0.2) is 18.7 Å². The monoisotopic (exact) mass is 196 g/mol. The molecule has 0 fully saturated rings. The minimum atomic E-state index is 0.690. The summed E-state index contributed by atoms with van der Waals surface area (Å²) in [5.74, 6) is 0. The molecule has 0 saturated heterocycles. The van der Waals surface area contributed by atoms with Crippen LogP contribution in [0.5, 0.6) is 0 Å². The Balaban J connectivity index is 3.34. The Morgan fingerprint density at radius 1 is 1.38 bits per heavy atom. The van der Waals surface area contributed by atoms with Crippen LogP contribution in [0.1, 0.15) is 6.42 Å². The van der Waals surface area contributed by atoms with E-state index in [2.05, 4.69) is 23.3 Å². The first-order chi connectivity index (χ1) is 6.31. The van der Waals surface area contributed by atoms with Gasteiger partial charge in [-0.15, -0.1) is 0 Å². The van der Waals surface area contributed by atoms with E-state index in [4.69, 9.17) is 12.2 Å². The molecule has 0 spiro atoms. The molecule has 0 amide bonds. The largest absolute Gasteiger partial charge is 0.366 e. The molecule has 0 aromatic rings. The Morgan fingerprint density at radius 3 is 2.77 bits per heavy atom. The van der Waals surface area contributed by atoms with E-state index >= 15 is 0 Å². The van der Waals surface area contributed by atoms with Crippen molar-refractivity contribution < 1.29 is 0 Å². The van der Waals surface area contributed by atoms with Gasteiger partial charge in [0, 0.05) is 13.6 Å². The lowest BCUT2D eigenvalue weighted by atomic mass is 10.3. The van der Waals surface area contributed by atoms with E-state index in [9.17, 15) is 0 Å². The van der Waals surface area contributed by atoms with Crippen molar-refractivity contribution in [2.75, 3.05) is 13.6 Å². The van der Waals surface area contributed by atoms with Crippen molar-refractivity contribution in [3.63, 3.8) is 0 Å². The molecule has 0 aromatic heterocycles. The lowest BCUT2D eigenvalue weighted by molar-refractivity contribution is 0.871. The van der Waals surface area contributed by atoms with Gasteiger partial charge >= 0.3 is 0 Å². The summed E-state index contributed by atoms with van der Waals surface area (Å²) < 4.78 is 0. The maximum Gasteiger partial charge on any atom is 0.166 e. The van der Waals surface area contributed by atoms with E-state index in [1.807, 2.05) is 18.2 Å². The number of hydrogen-bond donors (Lipinski definition) is 2. The number of hydrogen-bond acceptors (Lipinski definition) is 1. The Labute approximate surface area is 85.4 Å². The molecule has 72 valence electrons. The van der Waals surface area contributed by atoms with Crippen molar-refractivity contribution in [1.29, 1.82) is 0 Å². The van der Waals surface area contributed by atoms with Gasteiger partial charge in [-0.25, -0.2) is 0 Å². The molecule has 13 heavy (non-hydrogen) atoms. The average Bonchev–Trinajstić information content (AvgIpc) is 2.16. The van der Waals surface area contributed by atoms with Gasteiger partial charge in [0.15, 0.2) is 5.11 Å². The Morgan fingerprint density at radius 2 is 2.15 bits per heavy atom. The molecule has 0 aliphatic rings. The summed E-state index contributed by atoms with van der Waals surface area (Å²) in [4.78, 5) is 0. The highest BCUT2D eigenvalue weighted by atomic mass is 32.1. The number of allylic oxidation sites excluding steroid dienone is 4. The second-order valence-corrected chi connectivity index (χ2v) is 2.75. The molecule has 0 rings (SSSR count). The molecule has 0 aliphatic carbocycles.